The van der Waals surface area contributed by atoms with Crippen molar-refractivity contribution >= 4 is 17.8 Å². The Morgan fingerprint density at radius 1 is 1.24 bits per heavy atom. The number of hydrogen-bond acceptors (Lipinski definition) is 4. The Bertz CT molecular complexity index is 304. The van der Waals surface area contributed by atoms with E-state index in [2.05, 4.69) is 0 Å². The molecule has 17 heavy (non-hydrogen) atoms. The molecule has 1 heterocycles. The smallest absolute Gasteiger partial charge is 0.417 e. The lowest BCUT2D eigenvalue weighted by Crippen LogP contribution is -2.45. The lowest BCUT2D eigenvalue weighted by atomic mass is 10.1. The van der Waals surface area contributed by atoms with Gasteiger partial charge >= 0.3 is 6.09 Å². The number of ether oxygens (including phenoxy) is 1. The molecule has 0 aromatic rings. The van der Waals surface area contributed by atoms with Gasteiger partial charge in [-0.3, -0.25) is 9.59 Å². The van der Waals surface area contributed by atoms with Crippen LogP contribution in [0.4, 0.5) is 4.79 Å². The Labute approximate surface area is 102 Å². The fourth-order valence-electron chi connectivity index (χ4n) is 1.22. The average molecular weight is 243 g/mol. The Kier molecular flexibility index (Phi) is 5.85. The van der Waals surface area contributed by atoms with E-state index in [1.165, 1.54) is 0 Å². The number of likely N-dealkylation sites (tertiary alicyclic amines) is 1. The summed E-state index contributed by atoms with van der Waals surface area (Å²) in [6.45, 7) is 9.31. The van der Waals surface area contributed by atoms with Crippen molar-refractivity contribution < 1.29 is 19.1 Å². The number of ketones is 1. The molecule has 0 atom stereocenters. The molecule has 0 bridgehead atoms. The maximum Gasteiger partial charge on any atom is 0.417 e. The third-order valence-electron chi connectivity index (χ3n) is 1.88. The maximum absolute atomic E-state index is 11.5. The highest BCUT2D eigenvalue weighted by Gasteiger charge is 2.31. The number of piperidine rings is 1. The van der Waals surface area contributed by atoms with Crippen molar-refractivity contribution in [2.75, 3.05) is 6.54 Å². The van der Waals surface area contributed by atoms with Gasteiger partial charge in [0, 0.05) is 13.0 Å². The zero-order valence-electron chi connectivity index (χ0n) is 11.2. The van der Waals surface area contributed by atoms with E-state index in [0.717, 1.165) is 4.90 Å². The zero-order chi connectivity index (χ0) is 13.6. The van der Waals surface area contributed by atoms with Gasteiger partial charge in [-0.2, -0.15) is 0 Å². The van der Waals surface area contributed by atoms with Gasteiger partial charge in [0.1, 0.15) is 11.4 Å². The molecule has 0 N–H and O–H groups in total. The lowest BCUT2D eigenvalue weighted by molar-refractivity contribution is -0.138. The van der Waals surface area contributed by atoms with Crippen LogP contribution in [0.15, 0.2) is 0 Å². The van der Waals surface area contributed by atoms with E-state index in [0.29, 0.717) is 0 Å². The Morgan fingerprint density at radius 3 is 2.18 bits per heavy atom. The second kappa shape index (κ2) is 6.37. The van der Waals surface area contributed by atoms with Crippen molar-refractivity contribution in [1.82, 2.24) is 4.90 Å². The van der Waals surface area contributed by atoms with Crippen molar-refractivity contribution in [1.29, 1.82) is 0 Å². The molecule has 0 radical (unpaired) electrons. The van der Waals surface area contributed by atoms with Gasteiger partial charge in [0.2, 0.25) is 5.91 Å². The first-order valence-electron chi connectivity index (χ1n) is 5.84. The van der Waals surface area contributed by atoms with E-state index in [1.807, 2.05) is 13.8 Å². The van der Waals surface area contributed by atoms with E-state index in [1.54, 1.807) is 20.8 Å². The van der Waals surface area contributed by atoms with Crippen LogP contribution in [0.3, 0.4) is 0 Å². The fraction of sp³-hybridized carbons (Fsp3) is 0.750. The molecule has 0 saturated carbocycles. The molecule has 0 spiro atoms. The third-order valence-corrected chi connectivity index (χ3v) is 1.88. The Balaban J connectivity index is 0.00000121. The molecule has 5 nitrogen and oxygen atoms in total. The van der Waals surface area contributed by atoms with Gasteiger partial charge in [0.25, 0.3) is 0 Å². The van der Waals surface area contributed by atoms with Crippen LogP contribution in [0.1, 0.15) is 47.5 Å². The highest BCUT2D eigenvalue weighted by atomic mass is 16.6. The Morgan fingerprint density at radius 2 is 1.76 bits per heavy atom. The highest BCUT2D eigenvalue weighted by molar-refractivity contribution is 6.05. The standard InChI is InChI=1S/C10H15NO4.C2H6/c1-10(2,3)15-9(14)11-5-4-7(12)6-8(11)13;1-2/h4-6H2,1-3H3;1-2H3. The summed E-state index contributed by atoms with van der Waals surface area (Å²) >= 11 is 0. The minimum Gasteiger partial charge on any atom is -0.443 e. The normalized spacial score (nSPS) is 16.2. The second-order valence-electron chi connectivity index (χ2n) is 4.49. The summed E-state index contributed by atoms with van der Waals surface area (Å²) in [6, 6.07) is 0. The maximum atomic E-state index is 11.5. The topological polar surface area (TPSA) is 63.7 Å². The summed E-state index contributed by atoms with van der Waals surface area (Å²) in [4.78, 5) is 34.8. The van der Waals surface area contributed by atoms with E-state index >= 15 is 0 Å². The van der Waals surface area contributed by atoms with E-state index in [9.17, 15) is 14.4 Å². The molecule has 1 aliphatic heterocycles. The SMILES string of the molecule is CC.CC(C)(C)OC(=O)N1CCC(=O)CC1=O. The summed E-state index contributed by atoms with van der Waals surface area (Å²) in [7, 11) is 0. The van der Waals surface area contributed by atoms with Gasteiger partial charge in [-0.05, 0) is 20.8 Å². The van der Waals surface area contributed by atoms with Crippen molar-refractivity contribution in [3.05, 3.63) is 0 Å². The predicted octanol–water partition coefficient (Wildman–Crippen LogP) is 2.14. The van der Waals surface area contributed by atoms with Crippen LogP contribution in [0, 0.1) is 0 Å². The van der Waals surface area contributed by atoms with Crippen LogP contribution in [0.5, 0.6) is 0 Å². The quantitative estimate of drug-likeness (QED) is 0.611. The van der Waals surface area contributed by atoms with Gasteiger partial charge < -0.3 is 4.74 Å². The minimum atomic E-state index is -0.667. The molecule has 0 aromatic heterocycles. The van der Waals surface area contributed by atoms with Crippen LogP contribution in [-0.4, -0.2) is 34.8 Å². The van der Waals surface area contributed by atoms with Crippen molar-refractivity contribution in [2.45, 2.75) is 53.1 Å². The largest absolute Gasteiger partial charge is 0.443 e. The van der Waals surface area contributed by atoms with Crippen LogP contribution >= 0.6 is 0 Å². The number of carbonyl (C=O) groups excluding carboxylic acids is 3. The summed E-state index contributed by atoms with van der Waals surface area (Å²) in [5.41, 5.74) is -0.626. The molecular formula is C12H21NO4. The molecule has 0 aliphatic carbocycles. The zero-order valence-corrected chi connectivity index (χ0v) is 11.2. The molecule has 1 saturated heterocycles. The molecule has 0 aromatic carbocycles. The van der Waals surface area contributed by atoms with Crippen LogP contribution in [-0.2, 0) is 14.3 Å². The van der Waals surface area contributed by atoms with Crippen molar-refractivity contribution in [3.63, 3.8) is 0 Å². The summed E-state index contributed by atoms with van der Waals surface area (Å²) in [5, 5.41) is 0. The molecule has 1 rings (SSSR count). The van der Waals surface area contributed by atoms with Gasteiger partial charge in [-0.1, -0.05) is 13.8 Å². The summed E-state index contributed by atoms with van der Waals surface area (Å²) in [5.74, 6) is -0.597. The number of Topliss-reactive ketones (excluding diaryl/α,β-unsaturated/α-hetero) is 1. The number of amides is 2. The molecule has 1 aliphatic rings. The first-order chi connectivity index (χ1) is 7.79. The van der Waals surface area contributed by atoms with E-state index in [4.69, 9.17) is 4.74 Å². The number of nitrogens with zero attached hydrogens (tertiary/aromatic N) is 1. The first-order valence-corrected chi connectivity index (χ1v) is 5.84. The second-order valence-corrected chi connectivity index (χ2v) is 4.49. The summed E-state index contributed by atoms with van der Waals surface area (Å²) < 4.78 is 5.04. The average Bonchev–Trinajstić information content (AvgIpc) is 2.17. The number of hydrogen-bond donors (Lipinski definition) is 0. The van der Waals surface area contributed by atoms with Gasteiger partial charge in [-0.25, -0.2) is 9.69 Å². The van der Waals surface area contributed by atoms with Crippen LogP contribution < -0.4 is 0 Å². The molecule has 2 amide bonds. The van der Waals surface area contributed by atoms with Crippen molar-refractivity contribution in [2.24, 2.45) is 0 Å². The third kappa shape index (κ3) is 5.47. The van der Waals surface area contributed by atoms with Crippen LogP contribution in [0.2, 0.25) is 0 Å². The van der Waals surface area contributed by atoms with Gasteiger partial charge in [-0.15, -0.1) is 0 Å². The van der Waals surface area contributed by atoms with Crippen LogP contribution in [0.25, 0.3) is 0 Å². The number of rotatable bonds is 0. The molecule has 0 unspecified atom stereocenters. The molecule has 5 heteroatoms. The number of imide groups is 1. The number of carbonyl (C=O) groups is 3. The molecule has 98 valence electrons. The van der Waals surface area contributed by atoms with E-state index < -0.39 is 17.6 Å². The van der Waals surface area contributed by atoms with E-state index in [-0.39, 0.29) is 25.2 Å². The fourth-order valence-corrected chi connectivity index (χ4v) is 1.22. The monoisotopic (exact) mass is 243 g/mol. The Hall–Kier alpha value is -1.39. The molecular weight excluding hydrogens is 222 g/mol. The minimum absolute atomic E-state index is 0.125. The summed E-state index contributed by atoms with van der Waals surface area (Å²) in [6.07, 6.45) is -0.635. The van der Waals surface area contributed by atoms with Crippen molar-refractivity contribution in [3.8, 4) is 0 Å². The lowest BCUT2D eigenvalue weighted by Gasteiger charge is -2.27. The molecule has 1 fully saturated rings. The predicted molar refractivity (Wildman–Crippen MR) is 63.5 cm³/mol. The van der Waals surface area contributed by atoms with Gasteiger partial charge in [0.15, 0.2) is 0 Å². The first kappa shape index (κ1) is 15.6. The van der Waals surface area contributed by atoms with Gasteiger partial charge in [0.05, 0.1) is 6.42 Å². The highest BCUT2D eigenvalue weighted by Crippen LogP contribution is 2.14.